The van der Waals surface area contributed by atoms with Gasteiger partial charge in [0, 0.05) is 42.1 Å². The highest BCUT2D eigenvalue weighted by molar-refractivity contribution is 5.67. The Balaban J connectivity index is 1.60. The van der Waals surface area contributed by atoms with Crippen molar-refractivity contribution >= 4 is 5.69 Å². The summed E-state index contributed by atoms with van der Waals surface area (Å²) >= 11 is 0. The smallest absolute Gasteiger partial charge is 0.111 e. The number of likely N-dealkylation sites (N-methyl/N-ethyl adjacent to an activating group) is 1. The molecule has 1 aliphatic carbocycles. The molecule has 128 valence electrons. The molecule has 1 aromatic carbocycles. The number of piperidine rings is 4. The summed E-state index contributed by atoms with van der Waals surface area (Å²) in [6.45, 7) is 2.19. The van der Waals surface area contributed by atoms with Crippen LogP contribution in [0.5, 0.6) is 0 Å². The summed E-state index contributed by atoms with van der Waals surface area (Å²) in [6.07, 6.45) is 2.56. The van der Waals surface area contributed by atoms with Crippen molar-refractivity contribution in [2.75, 3.05) is 11.9 Å². The minimum Gasteiger partial charge on any atom is -0.392 e. The number of benzene rings is 1. The van der Waals surface area contributed by atoms with Crippen LogP contribution in [0.3, 0.4) is 0 Å². The zero-order valence-corrected chi connectivity index (χ0v) is 14.3. The molecule has 6 aliphatic rings. The lowest BCUT2D eigenvalue weighted by atomic mass is 9.62. The van der Waals surface area contributed by atoms with E-state index < -0.39 is 0 Å². The van der Waals surface area contributed by atoms with Crippen LogP contribution < -0.4 is 4.90 Å². The first-order valence-corrected chi connectivity index (χ1v) is 9.57. The van der Waals surface area contributed by atoms with Crippen LogP contribution in [0.15, 0.2) is 24.3 Å². The molecule has 1 spiro atoms. The Kier molecular flexibility index (Phi) is 2.45. The van der Waals surface area contributed by atoms with Gasteiger partial charge in [0.05, 0.1) is 12.1 Å². The number of nitrogens with zero attached hydrogens (tertiary/aromatic N) is 2. The topological polar surface area (TPSA) is 46.9 Å². The van der Waals surface area contributed by atoms with Gasteiger partial charge in [0.1, 0.15) is 6.23 Å². The fraction of sp³-hybridized carbons (Fsp3) is 0.700. The van der Waals surface area contributed by atoms with Gasteiger partial charge >= 0.3 is 0 Å². The van der Waals surface area contributed by atoms with Crippen molar-refractivity contribution in [2.24, 2.45) is 17.8 Å². The molecule has 1 aromatic rings. The molecule has 2 N–H and O–H groups in total. The number of rotatable bonds is 1. The molecule has 1 saturated carbocycles. The monoisotopic (exact) mass is 326 g/mol. The zero-order chi connectivity index (χ0) is 16.4. The number of anilines is 1. The van der Waals surface area contributed by atoms with E-state index in [2.05, 4.69) is 48.0 Å². The van der Waals surface area contributed by atoms with E-state index in [9.17, 15) is 10.2 Å². The summed E-state index contributed by atoms with van der Waals surface area (Å²) in [7, 11) is 2.19. The van der Waals surface area contributed by atoms with Gasteiger partial charge in [0.2, 0.25) is 0 Å². The van der Waals surface area contributed by atoms with Crippen molar-refractivity contribution in [3.63, 3.8) is 0 Å². The Labute approximate surface area is 143 Å². The van der Waals surface area contributed by atoms with Gasteiger partial charge in [-0.15, -0.1) is 0 Å². The summed E-state index contributed by atoms with van der Waals surface area (Å²) in [4.78, 5) is 4.83. The zero-order valence-electron chi connectivity index (χ0n) is 14.3. The van der Waals surface area contributed by atoms with E-state index in [-0.39, 0.29) is 17.7 Å². The van der Waals surface area contributed by atoms with E-state index in [0.29, 0.717) is 35.9 Å². The molecule has 7 rings (SSSR count). The average molecular weight is 326 g/mol. The predicted molar refractivity (Wildman–Crippen MR) is 91.7 cm³/mol. The quantitative estimate of drug-likeness (QED) is 0.822. The highest BCUT2D eigenvalue weighted by Crippen LogP contribution is 2.68. The van der Waals surface area contributed by atoms with Crippen molar-refractivity contribution < 1.29 is 10.2 Å². The fourth-order valence-electron chi connectivity index (χ4n) is 7.88. The van der Waals surface area contributed by atoms with Crippen molar-refractivity contribution in [3.05, 3.63) is 29.8 Å². The highest BCUT2D eigenvalue weighted by Gasteiger charge is 2.76. The summed E-state index contributed by atoms with van der Waals surface area (Å²) in [5, 5.41) is 22.6. The molecule has 4 nitrogen and oxygen atoms in total. The van der Waals surface area contributed by atoms with E-state index in [1.165, 1.54) is 11.3 Å². The van der Waals surface area contributed by atoms with Gasteiger partial charge in [-0.05, 0) is 36.8 Å². The number of hydrogen-bond acceptors (Lipinski definition) is 4. The second kappa shape index (κ2) is 4.17. The molecular weight excluding hydrogens is 300 g/mol. The molecule has 5 fully saturated rings. The second-order valence-electron chi connectivity index (χ2n) is 8.81. The third-order valence-corrected chi connectivity index (χ3v) is 8.46. The molecule has 5 aliphatic heterocycles. The molecule has 5 heterocycles. The van der Waals surface area contributed by atoms with Crippen molar-refractivity contribution in [3.8, 4) is 0 Å². The van der Waals surface area contributed by atoms with Gasteiger partial charge in [0.15, 0.2) is 0 Å². The second-order valence-corrected chi connectivity index (χ2v) is 8.81. The van der Waals surface area contributed by atoms with Crippen LogP contribution in [0.4, 0.5) is 5.69 Å². The molecule has 2 unspecified atom stereocenters. The van der Waals surface area contributed by atoms with Crippen molar-refractivity contribution in [1.29, 1.82) is 0 Å². The Morgan fingerprint density at radius 2 is 2.00 bits per heavy atom. The number of aliphatic hydroxyl groups excluding tert-OH is 2. The van der Waals surface area contributed by atoms with Crippen LogP contribution in [0, 0.1) is 17.8 Å². The Bertz CT molecular complexity index is 723. The Hall–Kier alpha value is -1.10. The van der Waals surface area contributed by atoms with E-state index >= 15 is 0 Å². The van der Waals surface area contributed by atoms with Gasteiger partial charge < -0.3 is 15.1 Å². The fourth-order valence-corrected chi connectivity index (χ4v) is 7.88. The molecule has 4 heteroatoms. The lowest BCUT2D eigenvalue weighted by Gasteiger charge is -2.62. The van der Waals surface area contributed by atoms with Gasteiger partial charge in [-0.25, -0.2) is 0 Å². The number of aliphatic hydroxyl groups is 2. The third-order valence-electron chi connectivity index (χ3n) is 8.46. The van der Waals surface area contributed by atoms with Crippen LogP contribution in [0.1, 0.15) is 31.7 Å². The normalized spacial score (nSPS) is 55.8. The largest absolute Gasteiger partial charge is 0.392 e. The lowest BCUT2D eigenvalue weighted by molar-refractivity contribution is -0.211. The van der Waals surface area contributed by atoms with Crippen LogP contribution in [-0.2, 0) is 5.41 Å². The van der Waals surface area contributed by atoms with E-state index in [0.717, 1.165) is 19.3 Å². The van der Waals surface area contributed by atoms with Crippen LogP contribution in [0.25, 0.3) is 0 Å². The summed E-state index contributed by atoms with van der Waals surface area (Å²) in [5.41, 5.74) is 2.51. The minimum atomic E-state index is -0.319. The molecule has 4 saturated heterocycles. The lowest BCUT2D eigenvalue weighted by Crippen LogP contribution is -2.72. The maximum atomic E-state index is 11.6. The average Bonchev–Trinajstić information content (AvgIpc) is 2.97. The van der Waals surface area contributed by atoms with Crippen molar-refractivity contribution in [1.82, 2.24) is 4.90 Å². The number of fused-ring (bicyclic) bond motifs is 2. The molecule has 10 atom stereocenters. The number of para-hydroxylation sites is 1. The van der Waals surface area contributed by atoms with Gasteiger partial charge in [0.25, 0.3) is 0 Å². The summed E-state index contributed by atoms with van der Waals surface area (Å²) in [6, 6.07) is 9.70. The SMILES string of the molecule is CC[C@H]1[C@@H](O)N2[C@@H]3C[C@]45c6ccccc6N(C)[C@@H]4[C@H]2C[C@H]1C3[C@@H]5O. The van der Waals surface area contributed by atoms with Gasteiger partial charge in [-0.3, -0.25) is 4.90 Å². The number of hydrogen-bond donors (Lipinski definition) is 2. The van der Waals surface area contributed by atoms with Crippen molar-refractivity contribution in [2.45, 2.75) is 62.1 Å². The maximum Gasteiger partial charge on any atom is 0.111 e. The molecule has 0 amide bonds. The van der Waals surface area contributed by atoms with E-state index in [4.69, 9.17) is 0 Å². The molecule has 5 bridgehead atoms. The minimum absolute atomic E-state index is 0.126. The van der Waals surface area contributed by atoms with Gasteiger partial charge in [-0.1, -0.05) is 25.1 Å². The molecule has 24 heavy (non-hydrogen) atoms. The summed E-state index contributed by atoms with van der Waals surface area (Å²) < 4.78 is 0. The first kappa shape index (κ1) is 14.1. The first-order chi connectivity index (χ1) is 11.6. The van der Waals surface area contributed by atoms with Crippen LogP contribution >= 0.6 is 0 Å². The van der Waals surface area contributed by atoms with E-state index in [1.807, 2.05) is 0 Å². The van der Waals surface area contributed by atoms with E-state index in [1.54, 1.807) is 0 Å². The van der Waals surface area contributed by atoms with Crippen LogP contribution in [0.2, 0.25) is 0 Å². The van der Waals surface area contributed by atoms with Gasteiger partial charge in [-0.2, -0.15) is 0 Å². The third kappa shape index (κ3) is 1.20. The Morgan fingerprint density at radius 1 is 1.21 bits per heavy atom. The molecule has 0 aromatic heterocycles. The first-order valence-electron chi connectivity index (χ1n) is 9.57. The standard InChI is InChI=1S/C20H26N2O2/c1-3-10-11-8-14-17-20(12-6-4-5-7-13(12)21(17)2)9-15(16(11)18(20)23)22(14)19(10)24/h4-7,10-11,14-19,23-24H,3,8-9H2,1-2H3/t10-,11-,14-,15-,16?,17-,18+,19-,20+/m1/s1. The Morgan fingerprint density at radius 3 is 2.79 bits per heavy atom. The highest BCUT2D eigenvalue weighted by atomic mass is 16.3. The molecular formula is C20H26N2O2. The summed E-state index contributed by atoms with van der Waals surface area (Å²) in [5.74, 6) is 1.14. The molecule has 0 radical (unpaired) electrons. The maximum absolute atomic E-state index is 11.6. The van der Waals surface area contributed by atoms with Crippen LogP contribution in [-0.4, -0.2) is 52.6 Å². The predicted octanol–water partition coefficient (Wildman–Crippen LogP) is 1.55.